The van der Waals surface area contributed by atoms with Crippen LogP contribution in [0.25, 0.3) is 11.1 Å². The van der Waals surface area contributed by atoms with Crippen molar-refractivity contribution >= 4 is 17.6 Å². The van der Waals surface area contributed by atoms with Gasteiger partial charge in [0.1, 0.15) is 0 Å². The molecule has 2 heterocycles. The van der Waals surface area contributed by atoms with E-state index >= 15 is 0 Å². The maximum Gasteiger partial charge on any atom is 0.213 e. The number of nitrogens with zero attached hydrogens (tertiary/aromatic N) is 1. The van der Waals surface area contributed by atoms with Crippen molar-refractivity contribution in [1.82, 2.24) is 4.98 Å². The second-order valence-corrected chi connectivity index (χ2v) is 3.85. The molecule has 0 unspecified atom stereocenters. The number of carbonyl (C=O) groups excluding carboxylic acids is 1. The maximum absolute atomic E-state index is 10.8. The summed E-state index contributed by atoms with van der Waals surface area (Å²) in [6.07, 6.45) is 2.54. The normalized spacial score (nSPS) is 9.93. The fourth-order valence-electron chi connectivity index (χ4n) is 1.34. The van der Waals surface area contributed by atoms with Gasteiger partial charge in [-0.15, -0.1) is 11.3 Å². The van der Waals surface area contributed by atoms with Crippen LogP contribution in [0.1, 0.15) is 9.67 Å². The first kappa shape index (κ1) is 9.86. The Morgan fingerprint density at radius 1 is 1.47 bits per heavy atom. The van der Waals surface area contributed by atoms with E-state index in [0.717, 1.165) is 22.3 Å². The molecule has 15 heavy (non-hydrogen) atoms. The highest BCUT2D eigenvalue weighted by Gasteiger charge is 2.06. The first-order valence-electron chi connectivity index (χ1n) is 4.38. The highest BCUT2D eigenvalue weighted by molar-refractivity contribution is 7.12. The highest BCUT2D eigenvalue weighted by atomic mass is 32.1. The van der Waals surface area contributed by atoms with Gasteiger partial charge in [0.25, 0.3) is 0 Å². The SMILES string of the molecule is COc1cc(-c2ccsc2C=O)ccn1. The number of carbonyl (C=O) groups is 1. The van der Waals surface area contributed by atoms with E-state index in [4.69, 9.17) is 4.74 Å². The largest absolute Gasteiger partial charge is 0.481 e. The average molecular weight is 219 g/mol. The summed E-state index contributed by atoms with van der Waals surface area (Å²) in [4.78, 5) is 15.5. The summed E-state index contributed by atoms with van der Waals surface area (Å²) in [6, 6.07) is 5.59. The molecule has 3 nitrogen and oxygen atoms in total. The number of pyridine rings is 1. The molecule has 0 aromatic carbocycles. The lowest BCUT2D eigenvalue weighted by Crippen LogP contribution is -1.88. The molecule has 0 atom stereocenters. The number of hydrogen-bond donors (Lipinski definition) is 0. The van der Waals surface area contributed by atoms with Gasteiger partial charge < -0.3 is 4.74 Å². The van der Waals surface area contributed by atoms with Gasteiger partial charge in [-0.2, -0.15) is 0 Å². The maximum atomic E-state index is 10.8. The predicted octanol–water partition coefficient (Wildman–Crippen LogP) is 2.63. The summed E-state index contributed by atoms with van der Waals surface area (Å²) in [6.45, 7) is 0. The van der Waals surface area contributed by atoms with E-state index in [1.165, 1.54) is 11.3 Å². The molecular formula is C11H9NO2S. The number of thiophene rings is 1. The van der Waals surface area contributed by atoms with Crippen LogP contribution in [0, 0.1) is 0 Å². The van der Waals surface area contributed by atoms with Crippen molar-refractivity contribution in [1.29, 1.82) is 0 Å². The third-order valence-corrected chi connectivity index (χ3v) is 2.90. The number of aromatic nitrogens is 1. The Bertz CT molecular complexity index is 479. The Morgan fingerprint density at radius 2 is 2.33 bits per heavy atom. The Hall–Kier alpha value is -1.68. The highest BCUT2D eigenvalue weighted by Crippen LogP contribution is 2.28. The number of aldehydes is 1. The molecule has 0 bridgehead atoms. The molecule has 0 radical (unpaired) electrons. The van der Waals surface area contributed by atoms with Crippen LogP contribution < -0.4 is 4.74 Å². The average Bonchev–Trinajstić information content (AvgIpc) is 2.77. The summed E-state index contributed by atoms with van der Waals surface area (Å²) in [5.41, 5.74) is 1.88. The van der Waals surface area contributed by atoms with E-state index < -0.39 is 0 Å². The zero-order chi connectivity index (χ0) is 10.7. The van der Waals surface area contributed by atoms with Crippen LogP contribution in [0.2, 0.25) is 0 Å². The van der Waals surface area contributed by atoms with Gasteiger partial charge in [0.15, 0.2) is 6.29 Å². The third kappa shape index (κ3) is 1.89. The summed E-state index contributed by atoms with van der Waals surface area (Å²) in [5, 5.41) is 1.89. The fraction of sp³-hybridized carbons (Fsp3) is 0.0909. The predicted molar refractivity (Wildman–Crippen MR) is 59.5 cm³/mol. The van der Waals surface area contributed by atoms with Crippen molar-refractivity contribution < 1.29 is 9.53 Å². The van der Waals surface area contributed by atoms with Crippen molar-refractivity contribution in [3.05, 3.63) is 34.7 Å². The standard InChI is InChI=1S/C11H9NO2S/c1-14-11-6-8(2-4-12-11)9-3-5-15-10(9)7-13/h2-7H,1H3. The minimum absolute atomic E-state index is 0.551. The molecule has 0 aliphatic carbocycles. The molecule has 0 aliphatic heterocycles. The smallest absolute Gasteiger partial charge is 0.213 e. The molecule has 2 rings (SSSR count). The number of hydrogen-bond acceptors (Lipinski definition) is 4. The molecule has 0 fully saturated rings. The van der Waals surface area contributed by atoms with Crippen LogP contribution in [-0.2, 0) is 0 Å². The molecule has 0 amide bonds. The second-order valence-electron chi connectivity index (χ2n) is 2.90. The number of ether oxygens (including phenoxy) is 1. The number of rotatable bonds is 3. The fourth-order valence-corrected chi connectivity index (χ4v) is 2.06. The summed E-state index contributed by atoms with van der Waals surface area (Å²) < 4.78 is 5.03. The van der Waals surface area contributed by atoms with Crippen LogP contribution in [0.4, 0.5) is 0 Å². The van der Waals surface area contributed by atoms with Gasteiger partial charge in [0, 0.05) is 17.8 Å². The lowest BCUT2D eigenvalue weighted by molar-refractivity contribution is 0.112. The Labute approximate surface area is 91.4 Å². The van der Waals surface area contributed by atoms with Gasteiger partial charge in [0.2, 0.25) is 5.88 Å². The zero-order valence-corrected chi connectivity index (χ0v) is 8.95. The molecule has 0 N–H and O–H groups in total. The van der Waals surface area contributed by atoms with Crippen LogP contribution in [-0.4, -0.2) is 18.4 Å². The molecular weight excluding hydrogens is 210 g/mol. The van der Waals surface area contributed by atoms with E-state index in [1.807, 2.05) is 23.6 Å². The van der Waals surface area contributed by atoms with Crippen molar-refractivity contribution in [2.24, 2.45) is 0 Å². The number of methoxy groups -OCH3 is 1. The van der Waals surface area contributed by atoms with Gasteiger partial charge in [-0.3, -0.25) is 4.79 Å². The van der Waals surface area contributed by atoms with Crippen molar-refractivity contribution in [2.75, 3.05) is 7.11 Å². The van der Waals surface area contributed by atoms with Crippen LogP contribution in [0.3, 0.4) is 0 Å². The molecule has 0 saturated heterocycles. The molecule has 2 aromatic heterocycles. The first-order valence-corrected chi connectivity index (χ1v) is 5.26. The minimum atomic E-state index is 0.551. The molecule has 0 saturated carbocycles. The molecule has 2 aromatic rings. The lowest BCUT2D eigenvalue weighted by atomic mass is 10.1. The van der Waals surface area contributed by atoms with Gasteiger partial charge in [0.05, 0.1) is 12.0 Å². The topological polar surface area (TPSA) is 39.2 Å². The first-order chi connectivity index (χ1) is 7.35. The van der Waals surface area contributed by atoms with E-state index in [9.17, 15) is 4.79 Å². The van der Waals surface area contributed by atoms with Gasteiger partial charge >= 0.3 is 0 Å². The summed E-state index contributed by atoms with van der Waals surface area (Å²) >= 11 is 1.43. The molecule has 0 spiro atoms. The Kier molecular flexibility index (Phi) is 2.78. The van der Waals surface area contributed by atoms with Crippen molar-refractivity contribution in [3.63, 3.8) is 0 Å². The second kappa shape index (κ2) is 4.23. The summed E-state index contributed by atoms with van der Waals surface area (Å²) in [7, 11) is 1.57. The van der Waals surface area contributed by atoms with Crippen LogP contribution >= 0.6 is 11.3 Å². The van der Waals surface area contributed by atoms with Gasteiger partial charge in [-0.1, -0.05) is 0 Å². The van der Waals surface area contributed by atoms with Gasteiger partial charge in [-0.25, -0.2) is 4.98 Å². The van der Waals surface area contributed by atoms with E-state index in [2.05, 4.69) is 4.98 Å². The van der Waals surface area contributed by atoms with Crippen molar-refractivity contribution in [3.8, 4) is 17.0 Å². The van der Waals surface area contributed by atoms with E-state index in [0.29, 0.717) is 5.88 Å². The zero-order valence-electron chi connectivity index (χ0n) is 8.14. The van der Waals surface area contributed by atoms with Crippen LogP contribution in [0.5, 0.6) is 5.88 Å². The minimum Gasteiger partial charge on any atom is -0.481 e. The molecule has 76 valence electrons. The Balaban J connectivity index is 2.48. The summed E-state index contributed by atoms with van der Waals surface area (Å²) in [5.74, 6) is 0.551. The van der Waals surface area contributed by atoms with Crippen LogP contribution in [0.15, 0.2) is 29.8 Å². The third-order valence-electron chi connectivity index (χ3n) is 2.06. The van der Waals surface area contributed by atoms with E-state index in [-0.39, 0.29) is 0 Å². The lowest BCUT2D eigenvalue weighted by Gasteiger charge is -2.02. The molecule has 0 aliphatic rings. The van der Waals surface area contributed by atoms with Crippen molar-refractivity contribution in [2.45, 2.75) is 0 Å². The quantitative estimate of drug-likeness (QED) is 0.745. The molecule has 4 heteroatoms. The van der Waals surface area contributed by atoms with Gasteiger partial charge in [-0.05, 0) is 23.1 Å². The van der Waals surface area contributed by atoms with E-state index in [1.54, 1.807) is 13.3 Å². The Morgan fingerprint density at radius 3 is 3.07 bits per heavy atom. The monoisotopic (exact) mass is 219 g/mol.